The van der Waals surface area contributed by atoms with Gasteiger partial charge in [-0.15, -0.1) is 0 Å². The van der Waals surface area contributed by atoms with E-state index in [1.807, 2.05) is 30.3 Å². The number of amides is 1. The average molecular weight is 466 g/mol. The molecule has 1 amide bonds. The molecule has 0 N–H and O–H groups in total. The topological polar surface area (TPSA) is 90.3 Å². The molecule has 0 fully saturated rings. The van der Waals surface area contributed by atoms with Gasteiger partial charge >= 0.3 is 5.97 Å². The van der Waals surface area contributed by atoms with E-state index < -0.39 is 5.97 Å². The van der Waals surface area contributed by atoms with Crippen LogP contribution in [0.5, 0.6) is 11.5 Å². The lowest BCUT2D eigenvalue weighted by Gasteiger charge is -2.11. The van der Waals surface area contributed by atoms with E-state index >= 15 is 0 Å². The maximum atomic E-state index is 13.3. The molecule has 0 bridgehead atoms. The van der Waals surface area contributed by atoms with E-state index in [1.54, 1.807) is 41.1 Å². The van der Waals surface area contributed by atoms with Crippen LogP contribution in [-0.4, -0.2) is 43.4 Å². The van der Waals surface area contributed by atoms with Gasteiger partial charge in [0.2, 0.25) is 5.13 Å². The van der Waals surface area contributed by atoms with E-state index in [4.69, 9.17) is 14.2 Å². The molecule has 0 radical (unpaired) electrons. The fourth-order valence-corrected chi connectivity index (χ4v) is 4.48. The third-order valence-corrected chi connectivity index (χ3v) is 6.34. The van der Waals surface area contributed by atoms with Crippen molar-refractivity contribution in [1.29, 1.82) is 0 Å². The molecule has 170 valence electrons. The molecule has 2 aromatic carbocycles. The Labute approximate surface area is 195 Å². The summed E-state index contributed by atoms with van der Waals surface area (Å²) in [4.78, 5) is 30.2. The Bertz CT molecular complexity index is 1320. The molecule has 33 heavy (non-hydrogen) atoms. The van der Waals surface area contributed by atoms with Crippen molar-refractivity contribution in [2.24, 2.45) is 5.10 Å². The van der Waals surface area contributed by atoms with Gasteiger partial charge in [-0.05, 0) is 55.8 Å². The van der Waals surface area contributed by atoms with Gasteiger partial charge < -0.3 is 14.2 Å². The number of fused-ring (bicyclic) bond motifs is 1. The van der Waals surface area contributed by atoms with Crippen molar-refractivity contribution >= 4 is 50.9 Å². The summed E-state index contributed by atoms with van der Waals surface area (Å²) >= 11 is 1.08. The van der Waals surface area contributed by atoms with Crippen LogP contribution in [0.15, 0.2) is 41.0 Å². The zero-order valence-electron chi connectivity index (χ0n) is 19.0. The minimum absolute atomic E-state index is 0.260. The van der Waals surface area contributed by atoms with Crippen LogP contribution in [-0.2, 0) is 9.53 Å². The summed E-state index contributed by atoms with van der Waals surface area (Å²) in [6, 6.07) is 9.56. The summed E-state index contributed by atoms with van der Waals surface area (Å²) in [6.45, 7) is 5.46. The lowest BCUT2D eigenvalue weighted by Crippen LogP contribution is -2.21. The second-order valence-electron chi connectivity index (χ2n) is 7.26. The number of hydrazone groups is 1. The molecule has 8 nitrogen and oxygen atoms in total. The Morgan fingerprint density at radius 1 is 1.15 bits per heavy atom. The normalized spacial score (nSPS) is 14.7. The number of aromatic nitrogens is 1. The number of esters is 1. The molecule has 1 aliphatic rings. The molecule has 1 aromatic heterocycles. The maximum absolute atomic E-state index is 13.3. The lowest BCUT2D eigenvalue weighted by atomic mass is 9.99. The van der Waals surface area contributed by atoms with Gasteiger partial charge in [-0.25, -0.2) is 9.78 Å². The summed E-state index contributed by atoms with van der Waals surface area (Å²) in [5, 5.41) is 7.81. The zero-order chi connectivity index (χ0) is 23.7. The van der Waals surface area contributed by atoms with Gasteiger partial charge in [0, 0.05) is 5.56 Å². The zero-order valence-corrected chi connectivity index (χ0v) is 19.8. The van der Waals surface area contributed by atoms with Crippen molar-refractivity contribution in [2.45, 2.75) is 20.8 Å². The number of rotatable bonds is 6. The van der Waals surface area contributed by atoms with Crippen LogP contribution in [0.3, 0.4) is 0 Å². The van der Waals surface area contributed by atoms with Gasteiger partial charge in [0.15, 0.2) is 0 Å². The highest BCUT2D eigenvalue weighted by atomic mass is 32.1. The third-order valence-electron chi connectivity index (χ3n) is 5.23. The Kier molecular flexibility index (Phi) is 6.15. The van der Waals surface area contributed by atoms with Crippen LogP contribution in [0.25, 0.3) is 16.8 Å². The number of benzene rings is 2. The van der Waals surface area contributed by atoms with Crippen LogP contribution in [0.2, 0.25) is 0 Å². The number of ether oxygens (including phenoxy) is 3. The van der Waals surface area contributed by atoms with Gasteiger partial charge in [-0.3, -0.25) is 4.79 Å². The van der Waals surface area contributed by atoms with Gasteiger partial charge in [0.05, 0.1) is 37.8 Å². The third kappa shape index (κ3) is 4.07. The number of carbonyl (C=O) groups excluding carboxylic acids is 2. The Balaban J connectivity index is 1.77. The molecule has 1 aliphatic heterocycles. The molecule has 3 aromatic rings. The molecule has 0 saturated carbocycles. The second kappa shape index (κ2) is 9.03. The van der Waals surface area contributed by atoms with Crippen molar-refractivity contribution in [2.75, 3.05) is 25.8 Å². The minimum Gasteiger partial charge on any atom is -0.497 e. The molecule has 0 unspecified atom stereocenters. The maximum Gasteiger partial charge on any atom is 0.350 e. The van der Waals surface area contributed by atoms with Crippen LogP contribution >= 0.6 is 11.3 Å². The Morgan fingerprint density at radius 3 is 2.61 bits per heavy atom. The van der Waals surface area contributed by atoms with Gasteiger partial charge in [0.25, 0.3) is 5.91 Å². The first-order valence-electron chi connectivity index (χ1n) is 10.3. The van der Waals surface area contributed by atoms with E-state index in [0.29, 0.717) is 38.5 Å². The van der Waals surface area contributed by atoms with Crippen LogP contribution in [0.1, 0.15) is 34.8 Å². The van der Waals surface area contributed by atoms with Crippen molar-refractivity contribution < 1.29 is 23.8 Å². The number of methoxy groups -OCH3 is 2. The Hall–Kier alpha value is -3.72. The summed E-state index contributed by atoms with van der Waals surface area (Å²) in [6.07, 6.45) is 1.77. The van der Waals surface area contributed by atoms with Crippen molar-refractivity contribution in [3.05, 3.63) is 52.0 Å². The van der Waals surface area contributed by atoms with Crippen LogP contribution < -0.4 is 14.5 Å². The highest BCUT2D eigenvalue weighted by Crippen LogP contribution is 2.35. The lowest BCUT2D eigenvalue weighted by molar-refractivity contribution is -0.114. The van der Waals surface area contributed by atoms with Crippen LogP contribution in [0, 0.1) is 6.92 Å². The molecule has 0 saturated heterocycles. The van der Waals surface area contributed by atoms with Gasteiger partial charge in [-0.1, -0.05) is 23.5 Å². The largest absolute Gasteiger partial charge is 0.497 e. The molecule has 0 atom stereocenters. The second-order valence-corrected chi connectivity index (χ2v) is 8.24. The summed E-state index contributed by atoms with van der Waals surface area (Å²) in [5.41, 5.74) is 2.19. The molecule has 0 aliphatic carbocycles. The smallest absolute Gasteiger partial charge is 0.350 e. The number of thiazole rings is 1. The molecule has 4 rings (SSSR count). The first-order chi connectivity index (χ1) is 15.9. The number of hydrogen-bond donors (Lipinski definition) is 0. The highest BCUT2D eigenvalue weighted by Gasteiger charge is 2.32. The molecular weight excluding hydrogens is 442 g/mol. The summed E-state index contributed by atoms with van der Waals surface area (Å²) in [7, 11) is 3.19. The van der Waals surface area contributed by atoms with E-state index in [-0.39, 0.29) is 12.5 Å². The van der Waals surface area contributed by atoms with Gasteiger partial charge in [-0.2, -0.15) is 10.1 Å². The van der Waals surface area contributed by atoms with Crippen LogP contribution in [0.4, 0.5) is 5.13 Å². The number of aryl methyl sites for hydroxylation is 1. The fourth-order valence-electron chi connectivity index (χ4n) is 3.57. The molecule has 2 heterocycles. The average Bonchev–Trinajstić information content (AvgIpc) is 3.33. The SMILES string of the molecule is CCOC(=O)c1sc(N2N=C(C)C(=Cc3c(OC)ccc4ccc(OC)cc34)C2=O)nc1C. The first kappa shape index (κ1) is 22.5. The number of anilines is 1. The summed E-state index contributed by atoms with van der Waals surface area (Å²) < 4.78 is 16.0. The fraction of sp³-hybridized carbons (Fsp3) is 0.250. The number of hydrogen-bond acceptors (Lipinski definition) is 8. The van der Waals surface area contributed by atoms with Crippen molar-refractivity contribution in [3.8, 4) is 11.5 Å². The molecular formula is C24H23N3O5S. The predicted molar refractivity (Wildman–Crippen MR) is 128 cm³/mol. The van der Waals surface area contributed by atoms with Crippen molar-refractivity contribution in [1.82, 2.24) is 4.98 Å². The summed E-state index contributed by atoms with van der Waals surface area (Å²) in [5.74, 6) is 0.525. The highest BCUT2D eigenvalue weighted by molar-refractivity contribution is 7.17. The number of carbonyl (C=O) groups is 2. The Morgan fingerprint density at radius 2 is 1.91 bits per heavy atom. The van der Waals surface area contributed by atoms with Crippen molar-refractivity contribution in [3.63, 3.8) is 0 Å². The first-order valence-corrected chi connectivity index (χ1v) is 11.1. The quantitative estimate of drug-likeness (QED) is 0.390. The van der Waals surface area contributed by atoms with Gasteiger partial charge in [0.1, 0.15) is 16.4 Å². The monoisotopic (exact) mass is 465 g/mol. The van der Waals surface area contributed by atoms with E-state index in [2.05, 4.69) is 10.1 Å². The van der Waals surface area contributed by atoms with E-state index in [0.717, 1.165) is 27.7 Å². The predicted octanol–water partition coefficient (Wildman–Crippen LogP) is 4.60. The van der Waals surface area contributed by atoms with E-state index in [9.17, 15) is 9.59 Å². The number of nitrogens with zero attached hydrogens (tertiary/aromatic N) is 3. The molecule has 0 spiro atoms. The standard InChI is InChI=1S/C24H23N3O5S/c1-6-32-23(29)21-14(3)25-24(33-21)27-22(28)17(13(2)26-27)12-19-18-11-16(30-4)9-7-15(18)8-10-20(19)31-5/h7-12H,6H2,1-5H3. The molecule has 9 heteroatoms. The minimum atomic E-state index is -0.462. The van der Waals surface area contributed by atoms with E-state index in [1.165, 1.54) is 5.01 Å².